The maximum atomic E-state index is 4.10. The molecule has 0 spiro atoms. The summed E-state index contributed by atoms with van der Waals surface area (Å²) in [4.78, 5) is 3.94. The van der Waals surface area contributed by atoms with Crippen LogP contribution in [-0.2, 0) is 13.1 Å². The summed E-state index contributed by atoms with van der Waals surface area (Å²) in [5, 5.41) is 7.61. The van der Waals surface area contributed by atoms with E-state index in [0.717, 1.165) is 13.1 Å². The zero-order valence-electron chi connectivity index (χ0n) is 11.2. The molecule has 1 aromatic heterocycles. The van der Waals surface area contributed by atoms with E-state index < -0.39 is 0 Å². The van der Waals surface area contributed by atoms with Gasteiger partial charge in [0.15, 0.2) is 0 Å². The molecule has 96 valence electrons. The first-order valence-corrected chi connectivity index (χ1v) is 6.26. The Morgan fingerprint density at radius 2 is 1.94 bits per heavy atom. The lowest BCUT2D eigenvalue weighted by Crippen LogP contribution is -2.30. The Hall–Kier alpha value is -1.68. The molecule has 0 amide bonds. The highest BCUT2D eigenvalue weighted by atomic mass is 15.3. The second-order valence-electron chi connectivity index (χ2n) is 4.90. The molecule has 4 heteroatoms. The van der Waals surface area contributed by atoms with Gasteiger partial charge in [-0.3, -0.25) is 4.68 Å². The van der Waals surface area contributed by atoms with Crippen molar-refractivity contribution in [3.63, 3.8) is 0 Å². The van der Waals surface area contributed by atoms with E-state index >= 15 is 0 Å². The van der Waals surface area contributed by atoms with Crippen molar-refractivity contribution in [3.8, 4) is 0 Å². The number of hydrogen-bond acceptors (Lipinski definition) is 3. The third-order valence-electron chi connectivity index (χ3n) is 2.86. The number of hydrogen-bond donors (Lipinski definition) is 1. The van der Waals surface area contributed by atoms with Crippen molar-refractivity contribution in [2.75, 3.05) is 0 Å². The zero-order chi connectivity index (χ0) is 13.0. The summed E-state index contributed by atoms with van der Waals surface area (Å²) in [5.41, 5.74) is 3.96. The normalized spacial score (nSPS) is 12.6. The lowest BCUT2D eigenvalue weighted by Gasteiger charge is -2.14. The molecule has 1 aromatic carbocycles. The Morgan fingerprint density at radius 1 is 1.22 bits per heavy atom. The number of benzene rings is 1. The average molecular weight is 244 g/mol. The van der Waals surface area contributed by atoms with Crippen LogP contribution < -0.4 is 5.32 Å². The van der Waals surface area contributed by atoms with Gasteiger partial charge in [-0.25, -0.2) is 4.98 Å². The van der Waals surface area contributed by atoms with Crippen molar-refractivity contribution in [3.05, 3.63) is 47.5 Å². The molecular weight excluding hydrogens is 224 g/mol. The van der Waals surface area contributed by atoms with E-state index in [2.05, 4.69) is 54.4 Å². The smallest absolute Gasteiger partial charge is 0.137 e. The van der Waals surface area contributed by atoms with Crippen LogP contribution in [0.25, 0.3) is 0 Å². The van der Waals surface area contributed by atoms with Crippen LogP contribution >= 0.6 is 0 Å². The van der Waals surface area contributed by atoms with E-state index in [9.17, 15) is 0 Å². The molecule has 0 fully saturated rings. The lowest BCUT2D eigenvalue weighted by atomic mass is 10.1. The third kappa shape index (κ3) is 3.67. The van der Waals surface area contributed by atoms with Crippen LogP contribution in [-0.4, -0.2) is 20.8 Å². The van der Waals surface area contributed by atoms with Crippen LogP contribution in [0.4, 0.5) is 0 Å². The Kier molecular flexibility index (Phi) is 4.10. The molecule has 18 heavy (non-hydrogen) atoms. The minimum Gasteiger partial charge on any atom is -0.308 e. The van der Waals surface area contributed by atoms with E-state index in [-0.39, 0.29) is 0 Å². The predicted molar refractivity (Wildman–Crippen MR) is 72.2 cm³/mol. The van der Waals surface area contributed by atoms with Gasteiger partial charge in [-0.05, 0) is 26.3 Å². The minimum atomic E-state index is 0.368. The summed E-state index contributed by atoms with van der Waals surface area (Å²) in [6, 6.07) is 7.01. The largest absolute Gasteiger partial charge is 0.308 e. The van der Waals surface area contributed by atoms with E-state index in [4.69, 9.17) is 0 Å². The van der Waals surface area contributed by atoms with Gasteiger partial charge in [0, 0.05) is 12.6 Å². The van der Waals surface area contributed by atoms with Crippen molar-refractivity contribution < 1.29 is 0 Å². The molecule has 1 N–H and O–H groups in total. The van der Waals surface area contributed by atoms with Crippen LogP contribution in [0.5, 0.6) is 0 Å². The van der Waals surface area contributed by atoms with E-state index in [1.165, 1.54) is 16.7 Å². The molecule has 4 nitrogen and oxygen atoms in total. The van der Waals surface area contributed by atoms with Gasteiger partial charge in [0.05, 0.1) is 6.54 Å². The lowest BCUT2D eigenvalue weighted by molar-refractivity contribution is 0.450. The van der Waals surface area contributed by atoms with Crippen molar-refractivity contribution in [1.82, 2.24) is 20.1 Å². The quantitative estimate of drug-likeness (QED) is 0.875. The van der Waals surface area contributed by atoms with Gasteiger partial charge in [-0.2, -0.15) is 5.10 Å². The Bertz CT molecular complexity index is 470. The minimum absolute atomic E-state index is 0.368. The van der Waals surface area contributed by atoms with Crippen molar-refractivity contribution in [2.45, 2.75) is 39.9 Å². The van der Waals surface area contributed by atoms with Crippen LogP contribution in [0.1, 0.15) is 23.6 Å². The standard InChI is InChI=1S/C14H20N4/c1-11-4-12(2)6-14(5-11)7-16-13(3)8-18-10-15-9-17-18/h4-6,9-10,13,16H,7-8H2,1-3H3. The van der Waals surface area contributed by atoms with Crippen LogP contribution in [0, 0.1) is 13.8 Å². The number of aromatic nitrogens is 3. The number of nitrogens with zero attached hydrogens (tertiary/aromatic N) is 3. The topological polar surface area (TPSA) is 42.7 Å². The molecule has 2 rings (SSSR count). The Morgan fingerprint density at radius 3 is 2.56 bits per heavy atom. The first kappa shape index (κ1) is 12.8. The maximum Gasteiger partial charge on any atom is 0.137 e. The van der Waals surface area contributed by atoms with Crippen molar-refractivity contribution in [2.24, 2.45) is 0 Å². The highest BCUT2D eigenvalue weighted by Gasteiger charge is 2.03. The average Bonchev–Trinajstić information content (AvgIpc) is 2.78. The van der Waals surface area contributed by atoms with E-state index in [1.54, 1.807) is 12.7 Å². The number of nitrogens with one attached hydrogen (secondary N) is 1. The summed E-state index contributed by atoms with van der Waals surface area (Å²) in [7, 11) is 0. The monoisotopic (exact) mass is 244 g/mol. The highest BCUT2D eigenvalue weighted by molar-refractivity contribution is 5.28. The molecular formula is C14H20N4. The first-order valence-electron chi connectivity index (χ1n) is 6.26. The van der Waals surface area contributed by atoms with E-state index in [1.807, 2.05) is 4.68 Å². The van der Waals surface area contributed by atoms with Gasteiger partial charge >= 0.3 is 0 Å². The van der Waals surface area contributed by atoms with Crippen LogP contribution in [0.15, 0.2) is 30.9 Å². The zero-order valence-corrected chi connectivity index (χ0v) is 11.2. The molecule has 0 aliphatic rings. The second-order valence-corrected chi connectivity index (χ2v) is 4.90. The number of aryl methyl sites for hydroxylation is 2. The predicted octanol–water partition coefficient (Wildman–Crippen LogP) is 2.07. The fourth-order valence-corrected chi connectivity index (χ4v) is 2.14. The Labute approximate surface area is 108 Å². The summed E-state index contributed by atoms with van der Waals surface area (Å²) < 4.78 is 1.85. The van der Waals surface area contributed by atoms with Crippen molar-refractivity contribution >= 4 is 0 Å². The maximum absolute atomic E-state index is 4.10. The second kappa shape index (κ2) is 5.78. The fourth-order valence-electron chi connectivity index (χ4n) is 2.14. The summed E-state index contributed by atoms with van der Waals surface area (Å²) in [6.07, 6.45) is 3.31. The van der Waals surface area contributed by atoms with E-state index in [0.29, 0.717) is 6.04 Å². The summed E-state index contributed by atoms with van der Waals surface area (Å²) in [5.74, 6) is 0. The molecule has 1 unspecified atom stereocenters. The molecule has 0 aliphatic heterocycles. The highest BCUT2D eigenvalue weighted by Crippen LogP contribution is 2.08. The SMILES string of the molecule is Cc1cc(C)cc(CNC(C)Cn2cncn2)c1. The molecule has 0 bridgehead atoms. The van der Waals surface area contributed by atoms with Crippen LogP contribution in [0.3, 0.4) is 0 Å². The molecule has 0 aliphatic carbocycles. The van der Waals surface area contributed by atoms with Gasteiger partial charge in [0.1, 0.15) is 12.7 Å². The number of rotatable bonds is 5. The fraction of sp³-hybridized carbons (Fsp3) is 0.429. The van der Waals surface area contributed by atoms with Gasteiger partial charge in [-0.15, -0.1) is 0 Å². The Balaban J connectivity index is 1.87. The molecule has 0 saturated carbocycles. The molecule has 2 aromatic rings. The molecule has 0 saturated heterocycles. The molecule has 1 atom stereocenters. The summed E-state index contributed by atoms with van der Waals surface area (Å²) >= 11 is 0. The van der Waals surface area contributed by atoms with Gasteiger partial charge < -0.3 is 5.32 Å². The molecule has 1 heterocycles. The van der Waals surface area contributed by atoms with Crippen LogP contribution in [0.2, 0.25) is 0 Å². The van der Waals surface area contributed by atoms with Gasteiger partial charge in [0.25, 0.3) is 0 Å². The molecule has 0 radical (unpaired) electrons. The van der Waals surface area contributed by atoms with Gasteiger partial charge in [-0.1, -0.05) is 29.3 Å². The summed E-state index contributed by atoms with van der Waals surface area (Å²) in [6.45, 7) is 8.15. The van der Waals surface area contributed by atoms with Gasteiger partial charge in [0.2, 0.25) is 0 Å². The third-order valence-corrected chi connectivity index (χ3v) is 2.86. The first-order chi connectivity index (χ1) is 8.63. The van der Waals surface area contributed by atoms with Crippen molar-refractivity contribution in [1.29, 1.82) is 0 Å².